The highest BCUT2D eigenvalue weighted by Gasteiger charge is 2.18. The summed E-state index contributed by atoms with van der Waals surface area (Å²) < 4.78 is 0. The third-order valence-corrected chi connectivity index (χ3v) is 3.36. The van der Waals surface area contributed by atoms with Crippen LogP contribution < -0.4 is 5.32 Å². The first kappa shape index (κ1) is 13.0. The molecule has 0 aromatic rings. The molecular formula is C13H28N2. The molecule has 0 aliphatic heterocycles. The van der Waals surface area contributed by atoms with E-state index in [-0.39, 0.29) is 0 Å². The van der Waals surface area contributed by atoms with Gasteiger partial charge < -0.3 is 10.2 Å². The van der Waals surface area contributed by atoms with Crippen molar-refractivity contribution in [2.75, 3.05) is 33.2 Å². The van der Waals surface area contributed by atoms with E-state index in [1.807, 2.05) is 0 Å². The quantitative estimate of drug-likeness (QED) is 0.591. The van der Waals surface area contributed by atoms with Crippen LogP contribution >= 0.6 is 0 Å². The van der Waals surface area contributed by atoms with Crippen molar-refractivity contribution in [1.29, 1.82) is 0 Å². The van der Waals surface area contributed by atoms with Crippen molar-refractivity contribution in [3.63, 3.8) is 0 Å². The van der Waals surface area contributed by atoms with Crippen molar-refractivity contribution < 1.29 is 0 Å². The topological polar surface area (TPSA) is 15.3 Å². The van der Waals surface area contributed by atoms with E-state index in [1.54, 1.807) is 0 Å². The van der Waals surface area contributed by atoms with Crippen molar-refractivity contribution in [3.05, 3.63) is 0 Å². The zero-order chi connectivity index (χ0) is 10.9. The first-order valence-electron chi connectivity index (χ1n) is 6.72. The van der Waals surface area contributed by atoms with Crippen LogP contribution in [0.25, 0.3) is 0 Å². The Kier molecular flexibility index (Phi) is 7.03. The normalized spacial score (nSPS) is 17.0. The molecule has 0 atom stereocenters. The lowest BCUT2D eigenvalue weighted by molar-refractivity contribution is 0.203. The molecule has 1 saturated carbocycles. The van der Waals surface area contributed by atoms with E-state index in [1.165, 1.54) is 64.7 Å². The lowest BCUT2D eigenvalue weighted by Crippen LogP contribution is -2.30. The van der Waals surface area contributed by atoms with E-state index in [9.17, 15) is 0 Å². The maximum Gasteiger partial charge on any atom is 0.000661 e. The predicted molar refractivity (Wildman–Crippen MR) is 67.2 cm³/mol. The van der Waals surface area contributed by atoms with E-state index in [4.69, 9.17) is 0 Å². The standard InChI is InChI=1S/C13H28N2/c1-3-9-14-10-4-5-11-15(2)12-13-7-6-8-13/h13-14H,3-12H2,1-2H3. The summed E-state index contributed by atoms with van der Waals surface area (Å²) in [7, 11) is 2.28. The van der Waals surface area contributed by atoms with Gasteiger partial charge in [-0.05, 0) is 64.7 Å². The fourth-order valence-electron chi connectivity index (χ4n) is 2.14. The molecule has 0 unspecified atom stereocenters. The number of rotatable bonds is 9. The van der Waals surface area contributed by atoms with E-state index < -0.39 is 0 Å². The zero-order valence-corrected chi connectivity index (χ0v) is 10.6. The van der Waals surface area contributed by atoms with Gasteiger partial charge >= 0.3 is 0 Å². The van der Waals surface area contributed by atoms with E-state index in [0.717, 1.165) is 5.92 Å². The smallest absolute Gasteiger partial charge is 0.000661 e. The van der Waals surface area contributed by atoms with Gasteiger partial charge in [0.1, 0.15) is 0 Å². The summed E-state index contributed by atoms with van der Waals surface area (Å²) in [6.45, 7) is 7.22. The van der Waals surface area contributed by atoms with Crippen molar-refractivity contribution in [2.24, 2.45) is 5.92 Å². The Labute approximate surface area is 95.4 Å². The molecule has 0 heterocycles. The minimum absolute atomic E-state index is 1.02. The number of nitrogens with one attached hydrogen (secondary N) is 1. The molecule has 0 spiro atoms. The van der Waals surface area contributed by atoms with E-state index in [2.05, 4.69) is 24.2 Å². The molecule has 90 valence electrons. The van der Waals surface area contributed by atoms with Gasteiger partial charge in [-0.15, -0.1) is 0 Å². The Bertz CT molecular complexity index is 143. The Balaban J connectivity index is 1.81. The highest BCUT2D eigenvalue weighted by atomic mass is 15.1. The third-order valence-electron chi connectivity index (χ3n) is 3.36. The van der Waals surface area contributed by atoms with Gasteiger partial charge in [-0.1, -0.05) is 13.3 Å². The molecule has 0 radical (unpaired) electrons. The fraction of sp³-hybridized carbons (Fsp3) is 1.00. The molecule has 0 amide bonds. The largest absolute Gasteiger partial charge is 0.317 e. The molecule has 1 aliphatic carbocycles. The molecule has 0 aromatic carbocycles. The second-order valence-corrected chi connectivity index (χ2v) is 5.02. The Morgan fingerprint density at radius 2 is 2.00 bits per heavy atom. The van der Waals surface area contributed by atoms with E-state index in [0.29, 0.717) is 0 Å². The molecule has 2 heteroatoms. The summed E-state index contributed by atoms with van der Waals surface area (Å²) in [5.41, 5.74) is 0. The lowest BCUT2D eigenvalue weighted by Gasteiger charge is -2.30. The lowest BCUT2D eigenvalue weighted by atomic mass is 9.85. The summed E-state index contributed by atoms with van der Waals surface area (Å²) >= 11 is 0. The summed E-state index contributed by atoms with van der Waals surface area (Å²) in [4.78, 5) is 2.52. The SMILES string of the molecule is CCCNCCCCN(C)CC1CCC1. The summed E-state index contributed by atoms with van der Waals surface area (Å²) in [6, 6.07) is 0. The van der Waals surface area contributed by atoms with Gasteiger partial charge in [0, 0.05) is 6.54 Å². The minimum atomic E-state index is 1.02. The van der Waals surface area contributed by atoms with E-state index >= 15 is 0 Å². The Hall–Kier alpha value is -0.0800. The average molecular weight is 212 g/mol. The first-order chi connectivity index (χ1) is 7.33. The number of unbranched alkanes of at least 4 members (excludes halogenated alkanes) is 1. The number of hydrogen-bond donors (Lipinski definition) is 1. The van der Waals surface area contributed by atoms with Gasteiger partial charge in [0.25, 0.3) is 0 Å². The fourth-order valence-corrected chi connectivity index (χ4v) is 2.14. The highest BCUT2D eigenvalue weighted by Crippen LogP contribution is 2.26. The van der Waals surface area contributed by atoms with Crippen LogP contribution in [0.3, 0.4) is 0 Å². The second-order valence-electron chi connectivity index (χ2n) is 5.02. The minimum Gasteiger partial charge on any atom is -0.317 e. The summed E-state index contributed by atoms with van der Waals surface area (Å²) in [5, 5.41) is 3.45. The molecule has 15 heavy (non-hydrogen) atoms. The second kappa shape index (κ2) is 8.12. The van der Waals surface area contributed by atoms with Crippen LogP contribution in [0, 0.1) is 5.92 Å². The number of nitrogens with zero attached hydrogens (tertiary/aromatic N) is 1. The summed E-state index contributed by atoms with van der Waals surface area (Å²) in [5.74, 6) is 1.02. The van der Waals surface area contributed by atoms with Crippen molar-refractivity contribution >= 4 is 0 Å². The average Bonchev–Trinajstić information content (AvgIpc) is 2.17. The Morgan fingerprint density at radius 3 is 2.60 bits per heavy atom. The van der Waals surface area contributed by atoms with Gasteiger partial charge in [-0.25, -0.2) is 0 Å². The van der Waals surface area contributed by atoms with Gasteiger partial charge in [0.2, 0.25) is 0 Å². The van der Waals surface area contributed by atoms with Crippen LogP contribution in [0.2, 0.25) is 0 Å². The maximum absolute atomic E-state index is 3.45. The van der Waals surface area contributed by atoms with Crippen molar-refractivity contribution in [1.82, 2.24) is 10.2 Å². The third kappa shape index (κ3) is 6.16. The van der Waals surface area contributed by atoms with Gasteiger partial charge in [0.15, 0.2) is 0 Å². The highest BCUT2D eigenvalue weighted by molar-refractivity contribution is 4.72. The van der Waals surface area contributed by atoms with Gasteiger partial charge in [0.05, 0.1) is 0 Å². The monoisotopic (exact) mass is 212 g/mol. The molecule has 0 aromatic heterocycles. The van der Waals surface area contributed by atoms with Gasteiger partial charge in [-0.3, -0.25) is 0 Å². The van der Waals surface area contributed by atoms with Crippen LogP contribution in [0.5, 0.6) is 0 Å². The van der Waals surface area contributed by atoms with Crippen LogP contribution in [0.1, 0.15) is 45.4 Å². The van der Waals surface area contributed by atoms with Crippen molar-refractivity contribution in [3.8, 4) is 0 Å². The Morgan fingerprint density at radius 1 is 1.20 bits per heavy atom. The molecule has 1 fully saturated rings. The van der Waals surface area contributed by atoms with Crippen molar-refractivity contribution in [2.45, 2.75) is 45.4 Å². The van der Waals surface area contributed by atoms with Crippen LogP contribution in [-0.4, -0.2) is 38.1 Å². The first-order valence-corrected chi connectivity index (χ1v) is 6.72. The number of hydrogen-bond acceptors (Lipinski definition) is 2. The molecule has 1 aliphatic rings. The van der Waals surface area contributed by atoms with Crippen LogP contribution in [0.15, 0.2) is 0 Å². The maximum atomic E-state index is 3.45. The molecule has 1 N–H and O–H groups in total. The molecule has 0 bridgehead atoms. The van der Waals surface area contributed by atoms with Crippen LogP contribution in [0.4, 0.5) is 0 Å². The predicted octanol–water partition coefficient (Wildman–Crippen LogP) is 2.50. The van der Waals surface area contributed by atoms with Crippen LogP contribution in [-0.2, 0) is 0 Å². The zero-order valence-electron chi connectivity index (χ0n) is 10.6. The molecule has 0 saturated heterocycles. The summed E-state index contributed by atoms with van der Waals surface area (Å²) in [6.07, 6.45) is 8.35. The molecule has 2 nitrogen and oxygen atoms in total. The molecule has 1 rings (SSSR count). The van der Waals surface area contributed by atoms with Gasteiger partial charge in [-0.2, -0.15) is 0 Å². The molecular weight excluding hydrogens is 184 g/mol.